The van der Waals surface area contributed by atoms with Crippen LogP contribution in [0.3, 0.4) is 0 Å². The molecule has 0 fully saturated rings. The zero-order chi connectivity index (χ0) is 17.8. The Morgan fingerprint density at radius 1 is 1.04 bits per heavy atom. The van der Waals surface area contributed by atoms with Gasteiger partial charge in [0.25, 0.3) is 0 Å². The minimum absolute atomic E-state index is 0.0205. The lowest BCUT2D eigenvalue weighted by Crippen LogP contribution is -2.20. The fourth-order valence-electron chi connectivity index (χ4n) is 2.69. The van der Waals surface area contributed by atoms with Crippen LogP contribution in [0.2, 0.25) is 0 Å². The molecule has 1 N–H and O–H groups in total. The molecule has 0 aromatic heterocycles. The number of ether oxygens (including phenoxy) is 1. The van der Waals surface area contributed by atoms with Crippen LogP contribution < -0.4 is 4.74 Å². The van der Waals surface area contributed by atoms with E-state index >= 15 is 0 Å². The van der Waals surface area contributed by atoms with Crippen molar-refractivity contribution < 1.29 is 14.6 Å². The Morgan fingerprint density at radius 3 is 1.87 bits per heavy atom. The van der Waals surface area contributed by atoms with Crippen molar-refractivity contribution in [1.82, 2.24) is 0 Å². The van der Waals surface area contributed by atoms with Crippen molar-refractivity contribution in [2.24, 2.45) is 0 Å². The molecule has 0 spiro atoms. The molecule has 0 unspecified atom stereocenters. The Labute approximate surface area is 141 Å². The van der Waals surface area contributed by atoms with Crippen molar-refractivity contribution in [2.75, 3.05) is 6.61 Å². The highest BCUT2D eigenvalue weighted by Gasteiger charge is 2.27. The molecular formula is C20H32O3. The molecule has 1 aromatic carbocycles. The predicted octanol–water partition coefficient (Wildman–Crippen LogP) is 5.09. The molecule has 1 rings (SSSR count). The van der Waals surface area contributed by atoms with Gasteiger partial charge >= 0.3 is 5.97 Å². The molecule has 3 nitrogen and oxygen atoms in total. The molecule has 0 aliphatic carbocycles. The first kappa shape index (κ1) is 19.5. The Bertz CT molecular complexity index is 510. The Hall–Kier alpha value is -1.51. The van der Waals surface area contributed by atoms with Gasteiger partial charge in [-0.2, -0.15) is 0 Å². The Kier molecular flexibility index (Phi) is 6.26. The van der Waals surface area contributed by atoms with Crippen LogP contribution in [0.4, 0.5) is 0 Å². The van der Waals surface area contributed by atoms with E-state index in [0.717, 1.165) is 12.2 Å². The number of carboxylic acids is 1. The molecule has 1 aromatic rings. The third-order valence-corrected chi connectivity index (χ3v) is 3.91. The predicted molar refractivity (Wildman–Crippen MR) is 95.6 cm³/mol. The minimum atomic E-state index is -0.733. The summed E-state index contributed by atoms with van der Waals surface area (Å²) in [5, 5.41) is 8.85. The summed E-state index contributed by atoms with van der Waals surface area (Å²) in [5.41, 5.74) is 3.57. The molecule has 0 aliphatic heterocycles. The van der Waals surface area contributed by atoms with Gasteiger partial charge < -0.3 is 9.84 Å². The van der Waals surface area contributed by atoms with Gasteiger partial charge in [0.2, 0.25) is 0 Å². The smallest absolute Gasteiger partial charge is 0.303 e. The van der Waals surface area contributed by atoms with Gasteiger partial charge in [-0.3, -0.25) is 4.79 Å². The van der Waals surface area contributed by atoms with Crippen molar-refractivity contribution >= 4 is 5.97 Å². The number of hydrogen-bond donors (Lipinski definition) is 1. The minimum Gasteiger partial charge on any atom is -0.493 e. The standard InChI is InChI=1S/C20H32O3/c1-8-23-18-15(19(2,3)4)12-14(10-9-11-17(21)22)13-16(18)20(5,6)7/h12-13H,8-11H2,1-7H3,(H,21,22). The topological polar surface area (TPSA) is 46.5 Å². The first-order valence-electron chi connectivity index (χ1n) is 8.49. The van der Waals surface area contributed by atoms with E-state index in [4.69, 9.17) is 9.84 Å². The molecule has 130 valence electrons. The molecule has 0 heterocycles. The fraction of sp³-hybridized carbons (Fsp3) is 0.650. The summed E-state index contributed by atoms with van der Waals surface area (Å²) < 4.78 is 6.02. The van der Waals surface area contributed by atoms with Gasteiger partial charge in [-0.25, -0.2) is 0 Å². The average molecular weight is 320 g/mol. The average Bonchev–Trinajstić information content (AvgIpc) is 2.37. The third-order valence-electron chi connectivity index (χ3n) is 3.91. The lowest BCUT2D eigenvalue weighted by atomic mass is 9.78. The maximum Gasteiger partial charge on any atom is 0.303 e. The van der Waals surface area contributed by atoms with Crippen molar-refractivity contribution in [3.05, 3.63) is 28.8 Å². The third kappa shape index (κ3) is 5.56. The zero-order valence-electron chi connectivity index (χ0n) is 15.7. The highest BCUT2D eigenvalue weighted by Crippen LogP contribution is 2.41. The van der Waals surface area contributed by atoms with Gasteiger partial charge in [0.1, 0.15) is 5.75 Å². The Balaban J connectivity index is 3.37. The molecule has 0 bridgehead atoms. The highest BCUT2D eigenvalue weighted by molar-refractivity contribution is 5.66. The van der Waals surface area contributed by atoms with E-state index in [1.807, 2.05) is 6.92 Å². The van der Waals surface area contributed by atoms with E-state index in [1.165, 1.54) is 16.7 Å². The van der Waals surface area contributed by atoms with Crippen LogP contribution in [0.1, 0.15) is 78.0 Å². The lowest BCUT2D eigenvalue weighted by molar-refractivity contribution is -0.137. The number of benzene rings is 1. The first-order valence-corrected chi connectivity index (χ1v) is 8.49. The highest BCUT2D eigenvalue weighted by atomic mass is 16.5. The van der Waals surface area contributed by atoms with Crippen LogP contribution in [0.15, 0.2) is 12.1 Å². The number of carboxylic acid groups (broad SMARTS) is 1. The van der Waals surface area contributed by atoms with Crippen LogP contribution in [0, 0.1) is 0 Å². The van der Waals surface area contributed by atoms with E-state index < -0.39 is 5.97 Å². The Morgan fingerprint density at radius 2 is 1.52 bits per heavy atom. The summed E-state index contributed by atoms with van der Waals surface area (Å²) in [4.78, 5) is 10.8. The van der Waals surface area contributed by atoms with Crippen LogP contribution in [0.25, 0.3) is 0 Å². The van der Waals surface area contributed by atoms with Gasteiger partial charge in [-0.05, 0) is 36.2 Å². The fourth-order valence-corrected chi connectivity index (χ4v) is 2.69. The molecule has 0 atom stereocenters. The molecule has 0 amide bonds. The number of aliphatic carboxylic acids is 1. The summed E-state index contributed by atoms with van der Waals surface area (Å²) in [5.74, 6) is 0.262. The monoisotopic (exact) mass is 320 g/mol. The molecular weight excluding hydrogens is 288 g/mol. The van der Waals surface area contributed by atoms with Crippen molar-refractivity contribution in [1.29, 1.82) is 0 Å². The second-order valence-corrected chi connectivity index (χ2v) is 8.20. The first-order chi connectivity index (χ1) is 10.5. The van der Waals surface area contributed by atoms with Gasteiger partial charge in [-0.1, -0.05) is 53.7 Å². The van der Waals surface area contributed by atoms with Gasteiger partial charge in [-0.15, -0.1) is 0 Å². The molecule has 0 radical (unpaired) electrons. The summed E-state index contributed by atoms with van der Waals surface area (Å²) in [7, 11) is 0. The van der Waals surface area contributed by atoms with E-state index in [1.54, 1.807) is 0 Å². The largest absolute Gasteiger partial charge is 0.493 e. The summed E-state index contributed by atoms with van der Waals surface area (Å²) in [6, 6.07) is 4.39. The molecule has 0 saturated carbocycles. The van der Waals surface area contributed by atoms with E-state index in [2.05, 4.69) is 53.7 Å². The molecule has 0 aliphatic rings. The summed E-state index contributed by atoms with van der Waals surface area (Å²) in [6.45, 7) is 15.8. The van der Waals surface area contributed by atoms with E-state index in [-0.39, 0.29) is 17.3 Å². The van der Waals surface area contributed by atoms with Gasteiger partial charge in [0.05, 0.1) is 6.61 Å². The SMILES string of the molecule is CCOc1c(C(C)(C)C)cc(CCCC(=O)O)cc1C(C)(C)C. The number of aryl methyl sites for hydroxylation is 1. The van der Waals surface area contributed by atoms with Crippen LogP contribution >= 0.6 is 0 Å². The maximum absolute atomic E-state index is 10.8. The van der Waals surface area contributed by atoms with E-state index in [9.17, 15) is 4.79 Å². The molecule has 23 heavy (non-hydrogen) atoms. The van der Waals surface area contributed by atoms with Crippen molar-refractivity contribution in [3.63, 3.8) is 0 Å². The molecule has 0 saturated heterocycles. The quantitative estimate of drug-likeness (QED) is 0.794. The number of hydrogen-bond acceptors (Lipinski definition) is 2. The zero-order valence-corrected chi connectivity index (χ0v) is 15.7. The van der Waals surface area contributed by atoms with Gasteiger partial charge in [0.15, 0.2) is 0 Å². The summed E-state index contributed by atoms with van der Waals surface area (Å²) in [6.07, 6.45) is 1.66. The van der Waals surface area contributed by atoms with Crippen molar-refractivity contribution in [2.45, 2.75) is 78.6 Å². The maximum atomic E-state index is 10.8. The second-order valence-electron chi connectivity index (χ2n) is 8.20. The second kappa shape index (κ2) is 7.37. The lowest BCUT2D eigenvalue weighted by Gasteiger charge is -2.30. The number of rotatable bonds is 6. The van der Waals surface area contributed by atoms with Crippen molar-refractivity contribution in [3.8, 4) is 5.75 Å². The summed E-state index contributed by atoms with van der Waals surface area (Å²) >= 11 is 0. The normalized spacial score (nSPS) is 12.3. The van der Waals surface area contributed by atoms with Crippen LogP contribution in [-0.4, -0.2) is 17.7 Å². The van der Waals surface area contributed by atoms with E-state index in [0.29, 0.717) is 13.0 Å². The molecule has 3 heteroatoms. The number of carbonyl (C=O) groups is 1. The van der Waals surface area contributed by atoms with Crippen LogP contribution in [0.5, 0.6) is 5.75 Å². The van der Waals surface area contributed by atoms with Crippen LogP contribution in [-0.2, 0) is 22.0 Å². The van der Waals surface area contributed by atoms with Gasteiger partial charge in [0, 0.05) is 17.5 Å².